The zero-order chi connectivity index (χ0) is 20.5. The van der Waals surface area contributed by atoms with E-state index in [0.717, 1.165) is 11.1 Å². The zero-order valence-electron chi connectivity index (χ0n) is 15.4. The fourth-order valence-corrected chi connectivity index (χ4v) is 2.64. The number of hydrogen-bond donors (Lipinski definition) is 3. The van der Waals surface area contributed by atoms with Gasteiger partial charge in [0.1, 0.15) is 5.75 Å². The van der Waals surface area contributed by atoms with Crippen molar-refractivity contribution in [3.63, 3.8) is 0 Å². The van der Waals surface area contributed by atoms with Gasteiger partial charge in [-0.25, -0.2) is 0 Å². The number of aryl methyl sites for hydroxylation is 2. The van der Waals surface area contributed by atoms with Crippen LogP contribution >= 0.6 is 23.8 Å². The van der Waals surface area contributed by atoms with Crippen molar-refractivity contribution in [3.05, 3.63) is 70.3 Å². The van der Waals surface area contributed by atoms with Gasteiger partial charge in [0.25, 0.3) is 5.91 Å². The van der Waals surface area contributed by atoms with E-state index in [1.165, 1.54) is 6.08 Å². The van der Waals surface area contributed by atoms with Crippen molar-refractivity contribution in [2.45, 2.75) is 13.8 Å². The van der Waals surface area contributed by atoms with E-state index in [2.05, 4.69) is 16.2 Å². The maximum atomic E-state index is 11.9. The second-order valence-electron chi connectivity index (χ2n) is 5.96. The monoisotopic (exact) mass is 417 g/mol. The molecule has 0 unspecified atom stereocenters. The Hall–Kier alpha value is -2.90. The van der Waals surface area contributed by atoms with Crippen LogP contribution in [-0.2, 0) is 9.59 Å². The molecule has 146 valence electrons. The van der Waals surface area contributed by atoms with E-state index in [0.29, 0.717) is 16.3 Å². The molecule has 2 aromatic rings. The molecule has 0 aromatic heterocycles. The minimum absolute atomic E-state index is 0.0476. The van der Waals surface area contributed by atoms with E-state index >= 15 is 0 Å². The number of rotatable bonds is 5. The van der Waals surface area contributed by atoms with Gasteiger partial charge in [0, 0.05) is 11.1 Å². The topological polar surface area (TPSA) is 79.5 Å². The highest BCUT2D eigenvalue weighted by atomic mass is 35.5. The molecule has 3 N–H and O–H groups in total. The van der Waals surface area contributed by atoms with Crippen LogP contribution in [0.1, 0.15) is 16.7 Å². The van der Waals surface area contributed by atoms with Gasteiger partial charge in [-0.3, -0.25) is 25.8 Å². The molecule has 28 heavy (non-hydrogen) atoms. The number of ether oxygens (including phenoxy) is 1. The highest BCUT2D eigenvalue weighted by Crippen LogP contribution is 2.16. The van der Waals surface area contributed by atoms with Gasteiger partial charge in [0.2, 0.25) is 5.91 Å². The molecule has 2 aromatic carbocycles. The first-order chi connectivity index (χ1) is 13.3. The van der Waals surface area contributed by atoms with E-state index in [-0.39, 0.29) is 11.7 Å². The third kappa shape index (κ3) is 7.38. The molecular weight excluding hydrogens is 398 g/mol. The van der Waals surface area contributed by atoms with Gasteiger partial charge in [-0.15, -0.1) is 0 Å². The van der Waals surface area contributed by atoms with E-state index in [1.54, 1.807) is 24.3 Å². The van der Waals surface area contributed by atoms with E-state index in [4.69, 9.17) is 28.6 Å². The summed E-state index contributed by atoms with van der Waals surface area (Å²) in [5, 5.41) is 2.89. The number of carbonyl (C=O) groups is 2. The fraction of sp³-hybridized carbons (Fsp3) is 0.150. The molecule has 0 saturated carbocycles. The SMILES string of the molecule is Cc1cc(C)cc(OCC(=O)NNC(=S)NC(=O)C=Cc2ccccc2Cl)c1. The smallest absolute Gasteiger partial charge is 0.276 e. The fourth-order valence-electron chi connectivity index (χ4n) is 2.29. The summed E-state index contributed by atoms with van der Waals surface area (Å²) >= 11 is 11.0. The Balaban J connectivity index is 1.73. The number of carbonyl (C=O) groups excluding carboxylic acids is 2. The van der Waals surface area contributed by atoms with Gasteiger partial charge >= 0.3 is 0 Å². The van der Waals surface area contributed by atoms with Gasteiger partial charge in [0.05, 0.1) is 0 Å². The number of thiocarbonyl (C=S) groups is 1. The molecule has 0 bridgehead atoms. The number of nitrogens with one attached hydrogen (secondary N) is 3. The minimum atomic E-state index is -0.460. The molecule has 0 fully saturated rings. The third-order valence-corrected chi connectivity index (χ3v) is 3.99. The second-order valence-corrected chi connectivity index (χ2v) is 6.77. The maximum Gasteiger partial charge on any atom is 0.276 e. The molecular formula is C20H20ClN3O3S. The molecule has 0 aliphatic heterocycles. The van der Waals surface area contributed by atoms with Gasteiger partial charge in [-0.2, -0.15) is 0 Å². The Morgan fingerprint density at radius 3 is 2.46 bits per heavy atom. The van der Waals surface area contributed by atoms with Gasteiger partial charge in [0.15, 0.2) is 11.7 Å². The number of halogens is 1. The van der Waals surface area contributed by atoms with E-state index in [1.807, 2.05) is 38.1 Å². The summed E-state index contributed by atoms with van der Waals surface area (Å²) < 4.78 is 5.44. The van der Waals surface area contributed by atoms with Crippen LogP contribution in [0.15, 0.2) is 48.5 Å². The first-order valence-electron chi connectivity index (χ1n) is 8.37. The standard InChI is InChI=1S/C20H20ClN3O3S/c1-13-9-14(2)11-16(10-13)27-12-19(26)23-24-20(28)22-18(25)8-7-15-5-3-4-6-17(15)21/h3-11H,12H2,1-2H3,(H,23,26)(H2,22,24,25,28). The Bertz CT molecular complexity index is 895. The lowest BCUT2D eigenvalue weighted by molar-refractivity contribution is -0.123. The van der Waals surface area contributed by atoms with E-state index < -0.39 is 11.8 Å². The van der Waals surface area contributed by atoms with Crippen LogP contribution < -0.4 is 20.9 Å². The van der Waals surface area contributed by atoms with Gasteiger partial charge < -0.3 is 4.74 Å². The summed E-state index contributed by atoms with van der Waals surface area (Å²) in [6.45, 7) is 3.70. The molecule has 0 radical (unpaired) electrons. The Morgan fingerprint density at radius 2 is 1.79 bits per heavy atom. The third-order valence-electron chi connectivity index (χ3n) is 3.44. The molecule has 0 spiro atoms. The van der Waals surface area contributed by atoms with Crippen LogP contribution in [0.5, 0.6) is 5.75 Å². The zero-order valence-corrected chi connectivity index (χ0v) is 17.0. The molecule has 0 aliphatic rings. The number of hydrogen-bond acceptors (Lipinski definition) is 4. The Morgan fingerprint density at radius 1 is 1.11 bits per heavy atom. The summed E-state index contributed by atoms with van der Waals surface area (Å²) in [6.07, 6.45) is 2.86. The van der Waals surface area contributed by atoms with Crippen LogP contribution in [0.25, 0.3) is 6.08 Å². The molecule has 0 atom stereocenters. The van der Waals surface area contributed by atoms with Crippen LogP contribution in [0.4, 0.5) is 0 Å². The highest BCUT2D eigenvalue weighted by Gasteiger charge is 2.06. The lowest BCUT2D eigenvalue weighted by Gasteiger charge is -2.11. The van der Waals surface area contributed by atoms with Crippen LogP contribution in [0.2, 0.25) is 5.02 Å². The highest BCUT2D eigenvalue weighted by molar-refractivity contribution is 7.80. The molecule has 8 heteroatoms. The molecule has 0 saturated heterocycles. The van der Waals surface area contributed by atoms with Crippen LogP contribution in [-0.4, -0.2) is 23.5 Å². The van der Waals surface area contributed by atoms with Crippen molar-refractivity contribution in [2.75, 3.05) is 6.61 Å². The molecule has 2 rings (SSSR count). The van der Waals surface area contributed by atoms with E-state index in [9.17, 15) is 9.59 Å². The van der Waals surface area contributed by atoms with Crippen molar-refractivity contribution in [2.24, 2.45) is 0 Å². The van der Waals surface area contributed by atoms with Crippen molar-refractivity contribution in [1.29, 1.82) is 0 Å². The average Bonchev–Trinajstić information content (AvgIpc) is 2.63. The maximum absolute atomic E-state index is 11.9. The molecule has 0 heterocycles. The average molecular weight is 418 g/mol. The van der Waals surface area contributed by atoms with Crippen molar-refractivity contribution in [1.82, 2.24) is 16.2 Å². The largest absolute Gasteiger partial charge is 0.484 e. The predicted molar refractivity (Wildman–Crippen MR) is 114 cm³/mol. The summed E-state index contributed by atoms with van der Waals surface area (Å²) in [5.74, 6) is -0.297. The quantitative estimate of drug-likeness (QED) is 0.396. The molecule has 2 amide bonds. The lowest BCUT2D eigenvalue weighted by Crippen LogP contribution is -2.49. The lowest BCUT2D eigenvalue weighted by atomic mass is 10.1. The summed E-state index contributed by atoms with van der Waals surface area (Å²) in [6, 6.07) is 12.8. The molecule has 6 nitrogen and oxygen atoms in total. The van der Waals surface area contributed by atoms with Crippen molar-refractivity contribution < 1.29 is 14.3 Å². The number of hydrazine groups is 1. The van der Waals surface area contributed by atoms with Crippen LogP contribution in [0.3, 0.4) is 0 Å². The Kier molecular flexibility index (Phi) is 7.98. The minimum Gasteiger partial charge on any atom is -0.484 e. The second kappa shape index (κ2) is 10.4. The summed E-state index contributed by atoms with van der Waals surface area (Å²) in [7, 11) is 0. The van der Waals surface area contributed by atoms with Crippen LogP contribution in [0, 0.1) is 13.8 Å². The predicted octanol–water partition coefficient (Wildman–Crippen LogP) is 3.07. The summed E-state index contributed by atoms with van der Waals surface area (Å²) in [4.78, 5) is 23.7. The normalized spacial score (nSPS) is 10.4. The number of amides is 2. The van der Waals surface area contributed by atoms with Crippen molar-refractivity contribution in [3.8, 4) is 5.75 Å². The van der Waals surface area contributed by atoms with Crippen molar-refractivity contribution >= 4 is 46.8 Å². The first-order valence-corrected chi connectivity index (χ1v) is 9.15. The van der Waals surface area contributed by atoms with Gasteiger partial charge in [-0.05, 0) is 67.0 Å². The molecule has 0 aliphatic carbocycles. The number of benzene rings is 2. The summed E-state index contributed by atoms with van der Waals surface area (Å²) in [5.41, 5.74) is 7.59. The van der Waals surface area contributed by atoms with Gasteiger partial charge in [-0.1, -0.05) is 35.9 Å². The first kappa shape index (κ1) is 21.4. The Labute approximate surface area is 173 Å².